The van der Waals surface area contributed by atoms with Crippen molar-refractivity contribution < 1.29 is 0 Å². The van der Waals surface area contributed by atoms with E-state index in [1.54, 1.807) is 0 Å². The predicted molar refractivity (Wildman–Crippen MR) is 69.1 cm³/mol. The van der Waals surface area contributed by atoms with E-state index < -0.39 is 0 Å². The quantitative estimate of drug-likeness (QED) is 0.885. The maximum Gasteiger partial charge on any atom is 0.0469 e. The van der Waals surface area contributed by atoms with Gasteiger partial charge in [-0.15, -0.1) is 0 Å². The molecule has 3 heteroatoms. The van der Waals surface area contributed by atoms with Crippen LogP contribution in [0, 0.1) is 0 Å². The second-order valence-electron chi connectivity index (χ2n) is 3.70. The van der Waals surface area contributed by atoms with Gasteiger partial charge in [0.25, 0.3) is 0 Å². The summed E-state index contributed by atoms with van der Waals surface area (Å²) >= 11 is 3.51. The van der Waals surface area contributed by atoms with Crippen molar-refractivity contribution in [2.45, 2.75) is 13.0 Å². The minimum Gasteiger partial charge on any atom is -0.318 e. The fourth-order valence-corrected chi connectivity index (χ4v) is 2.07. The van der Waals surface area contributed by atoms with Crippen molar-refractivity contribution in [2.75, 3.05) is 27.2 Å². The smallest absolute Gasteiger partial charge is 0.0469 e. The van der Waals surface area contributed by atoms with Gasteiger partial charge < -0.3 is 5.32 Å². The van der Waals surface area contributed by atoms with Crippen molar-refractivity contribution in [3.63, 3.8) is 0 Å². The molecule has 0 radical (unpaired) electrons. The molecule has 0 saturated carbocycles. The molecule has 15 heavy (non-hydrogen) atoms. The van der Waals surface area contributed by atoms with Crippen LogP contribution in [0.15, 0.2) is 28.7 Å². The lowest BCUT2D eigenvalue weighted by atomic mass is 10.1. The molecule has 1 atom stereocenters. The molecule has 0 aromatic heterocycles. The zero-order valence-electron chi connectivity index (χ0n) is 9.63. The SMILES string of the molecule is CCN(C)C(CNC)c1cccc(Br)c1. The third kappa shape index (κ3) is 3.59. The van der Waals surface area contributed by atoms with Gasteiger partial charge in [0.1, 0.15) is 0 Å². The highest BCUT2D eigenvalue weighted by molar-refractivity contribution is 9.10. The van der Waals surface area contributed by atoms with Crippen molar-refractivity contribution in [3.05, 3.63) is 34.3 Å². The number of benzene rings is 1. The van der Waals surface area contributed by atoms with Crippen LogP contribution in [0.3, 0.4) is 0 Å². The second-order valence-corrected chi connectivity index (χ2v) is 4.62. The van der Waals surface area contributed by atoms with Gasteiger partial charge in [-0.05, 0) is 38.3 Å². The molecule has 2 nitrogen and oxygen atoms in total. The highest BCUT2D eigenvalue weighted by Gasteiger charge is 2.14. The first kappa shape index (κ1) is 12.7. The largest absolute Gasteiger partial charge is 0.318 e. The van der Waals surface area contributed by atoms with Gasteiger partial charge in [0, 0.05) is 17.1 Å². The summed E-state index contributed by atoms with van der Waals surface area (Å²) in [6, 6.07) is 8.96. The number of rotatable bonds is 5. The van der Waals surface area contributed by atoms with Gasteiger partial charge in [-0.2, -0.15) is 0 Å². The first-order valence-electron chi connectivity index (χ1n) is 5.29. The lowest BCUT2D eigenvalue weighted by Gasteiger charge is -2.27. The van der Waals surface area contributed by atoms with Crippen LogP contribution in [-0.4, -0.2) is 32.1 Å². The molecule has 1 unspecified atom stereocenters. The van der Waals surface area contributed by atoms with Gasteiger partial charge in [-0.25, -0.2) is 0 Å². The summed E-state index contributed by atoms with van der Waals surface area (Å²) in [4.78, 5) is 2.35. The minimum atomic E-state index is 0.442. The monoisotopic (exact) mass is 270 g/mol. The number of hydrogen-bond acceptors (Lipinski definition) is 2. The summed E-state index contributed by atoms with van der Waals surface area (Å²) in [6.07, 6.45) is 0. The number of nitrogens with zero attached hydrogens (tertiary/aromatic N) is 1. The van der Waals surface area contributed by atoms with E-state index in [-0.39, 0.29) is 0 Å². The van der Waals surface area contributed by atoms with Crippen LogP contribution in [-0.2, 0) is 0 Å². The lowest BCUT2D eigenvalue weighted by molar-refractivity contribution is 0.254. The number of likely N-dealkylation sites (N-methyl/N-ethyl adjacent to an activating group) is 2. The highest BCUT2D eigenvalue weighted by Crippen LogP contribution is 2.21. The molecule has 0 fully saturated rings. The fraction of sp³-hybridized carbons (Fsp3) is 0.500. The van der Waals surface area contributed by atoms with E-state index in [0.29, 0.717) is 6.04 Å². The van der Waals surface area contributed by atoms with Gasteiger partial charge in [0.15, 0.2) is 0 Å². The van der Waals surface area contributed by atoms with Gasteiger partial charge in [0.05, 0.1) is 0 Å². The van der Waals surface area contributed by atoms with Crippen LogP contribution in [0.1, 0.15) is 18.5 Å². The van der Waals surface area contributed by atoms with E-state index in [0.717, 1.165) is 17.6 Å². The molecule has 1 aromatic carbocycles. The molecular weight excluding hydrogens is 252 g/mol. The Morgan fingerprint density at radius 1 is 1.47 bits per heavy atom. The van der Waals surface area contributed by atoms with Crippen LogP contribution in [0.25, 0.3) is 0 Å². The average Bonchev–Trinajstić information content (AvgIpc) is 2.25. The lowest BCUT2D eigenvalue weighted by Crippen LogP contribution is -2.31. The first-order valence-corrected chi connectivity index (χ1v) is 6.08. The van der Waals surface area contributed by atoms with Crippen LogP contribution in [0.4, 0.5) is 0 Å². The molecule has 0 amide bonds. The fourth-order valence-electron chi connectivity index (χ4n) is 1.66. The van der Waals surface area contributed by atoms with Crippen molar-refractivity contribution in [2.24, 2.45) is 0 Å². The molecule has 0 saturated heterocycles. The first-order chi connectivity index (χ1) is 7.19. The maximum atomic E-state index is 3.51. The van der Waals surface area contributed by atoms with E-state index in [9.17, 15) is 0 Å². The predicted octanol–water partition coefficient (Wildman–Crippen LogP) is 2.66. The Labute approximate surface area is 101 Å². The third-order valence-corrected chi connectivity index (χ3v) is 3.16. The molecule has 0 bridgehead atoms. The van der Waals surface area contributed by atoms with E-state index in [4.69, 9.17) is 0 Å². The molecule has 1 rings (SSSR count). The number of nitrogens with one attached hydrogen (secondary N) is 1. The van der Waals surface area contributed by atoms with Crippen molar-refractivity contribution in [1.29, 1.82) is 0 Å². The Hall–Kier alpha value is -0.380. The molecule has 0 aliphatic heterocycles. The summed E-state index contributed by atoms with van der Waals surface area (Å²) in [5.41, 5.74) is 1.35. The average molecular weight is 271 g/mol. The third-order valence-electron chi connectivity index (χ3n) is 2.66. The summed E-state index contributed by atoms with van der Waals surface area (Å²) in [5.74, 6) is 0. The number of halogens is 1. The summed E-state index contributed by atoms with van der Waals surface area (Å²) in [5, 5.41) is 3.24. The van der Waals surface area contributed by atoms with Crippen molar-refractivity contribution in [1.82, 2.24) is 10.2 Å². The second kappa shape index (κ2) is 6.26. The Morgan fingerprint density at radius 2 is 2.20 bits per heavy atom. The van der Waals surface area contributed by atoms with Crippen LogP contribution < -0.4 is 5.32 Å². The topological polar surface area (TPSA) is 15.3 Å². The van der Waals surface area contributed by atoms with Gasteiger partial charge in [-0.1, -0.05) is 35.0 Å². The normalized spacial score (nSPS) is 13.1. The van der Waals surface area contributed by atoms with Gasteiger partial charge >= 0.3 is 0 Å². The van der Waals surface area contributed by atoms with E-state index in [1.807, 2.05) is 7.05 Å². The van der Waals surface area contributed by atoms with Crippen LogP contribution >= 0.6 is 15.9 Å². The van der Waals surface area contributed by atoms with Crippen LogP contribution in [0.5, 0.6) is 0 Å². The molecule has 0 aliphatic rings. The highest BCUT2D eigenvalue weighted by atomic mass is 79.9. The van der Waals surface area contributed by atoms with E-state index in [2.05, 4.69) is 64.4 Å². The molecule has 0 heterocycles. The zero-order chi connectivity index (χ0) is 11.3. The van der Waals surface area contributed by atoms with E-state index >= 15 is 0 Å². The molecular formula is C12H19BrN2. The number of hydrogen-bond donors (Lipinski definition) is 1. The minimum absolute atomic E-state index is 0.442. The van der Waals surface area contributed by atoms with Crippen molar-refractivity contribution >= 4 is 15.9 Å². The molecule has 84 valence electrons. The molecule has 0 aliphatic carbocycles. The zero-order valence-corrected chi connectivity index (χ0v) is 11.2. The van der Waals surface area contributed by atoms with Crippen molar-refractivity contribution in [3.8, 4) is 0 Å². The molecule has 0 spiro atoms. The summed E-state index contributed by atoms with van der Waals surface area (Å²) < 4.78 is 1.14. The van der Waals surface area contributed by atoms with Crippen LogP contribution in [0.2, 0.25) is 0 Å². The summed E-state index contributed by atoms with van der Waals surface area (Å²) in [7, 11) is 4.15. The maximum absolute atomic E-state index is 3.51. The Balaban J connectivity index is 2.88. The Morgan fingerprint density at radius 3 is 2.73 bits per heavy atom. The van der Waals surface area contributed by atoms with Gasteiger partial charge in [-0.3, -0.25) is 4.90 Å². The Kier molecular flexibility index (Phi) is 5.29. The molecule has 1 aromatic rings. The van der Waals surface area contributed by atoms with E-state index in [1.165, 1.54) is 5.56 Å². The van der Waals surface area contributed by atoms with Gasteiger partial charge in [0.2, 0.25) is 0 Å². The summed E-state index contributed by atoms with van der Waals surface area (Å²) in [6.45, 7) is 4.21. The molecule has 1 N–H and O–H groups in total. The standard InChI is InChI=1S/C12H19BrN2/c1-4-15(3)12(9-14-2)10-6-5-7-11(13)8-10/h5-8,12,14H,4,9H2,1-3H3. The Bertz CT molecular complexity index is 301.